The van der Waals surface area contributed by atoms with Gasteiger partial charge in [-0.15, -0.1) is 0 Å². The molecule has 0 saturated heterocycles. The second-order valence-corrected chi connectivity index (χ2v) is 5.26. The minimum Gasteiger partial charge on any atom is -0.496 e. The van der Waals surface area contributed by atoms with Crippen LogP contribution in [0.1, 0.15) is 29.5 Å². The van der Waals surface area contributed by atoms with Crippen LogP contribution in [0.5, 0.6) is 5.75 Å². The minimum atomic E-state index is -0.00168. The van der Waals surface area contributed by atoms with Crippen molar-refractivity contribution < 1.29 is 4.74 Å². The first kappa shape index (κ1) is 11.7. The van der Waals surface area contributed by atoms with Crippen LogP contribution in [-0.2, 0) is 6.42 Å². The molecular weight excluding hydrogens is 222 g/mol. The fraction of sp³-hybridized carbons (Fsp3) is 0.538. The third kappa shape index (κ3) is 2.04. The van der Waals surface area contributed by atoms with E-state index in [2.05, 4.69) is 6.92 Å². The molecule has 1 aromatic rings. The molecule has 0 aromatic heterocycles. The first-order chi connectivity index (χ1) is 7.47. The predicted octanol–water partition coefficient (Wildman–Crippen LogP) is 3.00. The SMILES string of the molecule is COc1c(C)c(Cl)cc(C)c1CC1(N)CC1. The molecule has 3 heteroatoms. The molecule has 1 aliphatic carbocycles. The molecule has 2 N–H and O–H groups in total. The van der Waals surface area contributed by atoms with E-state index >= 15 is 0 Å². The van der Waals surface area contributed by atoms with Gasteiger partial charge < -0.3 is 10.5 Å². The topological polar surface area (TPSA) is 35.2 Å². The highest BCUT2D eigenvalue weighted by Gasteiger charge is 2.39. The summed E-state index contributed by atoms with van der Waals surface area (Å²) in [6, 6.07) is 2.00. The minimum absolute atomic E-state index is 0.00168. The van der Waals surface area contributed by atoms with Gasteiger partial charge in [-0.05, 0) is 50.3 Å². The van der Waals surface area contributed by atoms with Crippen molar-refractivity contribution in [2.75, 3.05) is 7.11 Å². The molecule has 0 spiro atoms. The van der Waals surface area contributed by atoms with Crippen LogP contribution in [0.15, 0.2) is 6.07 Å². The highest BCUT2D eigenvalue weighted by Crippen LogP contribution is 2.41. The van der Waals surface area contributed by atoms with E-state index in [9.17, 15) is 0 Å². The summed E-state index contributed by atoms with van der Waals surface area (Å²) >= 11 is 6.15. The Morgan fingerprint density at radius 2 is 2.06 bits per heavy atom. The molecule has 1 aliphatic rings. The molecule has 0 atom stereocenters. The van der Waals surface area contributed by atoms with Crippen LogP contribution in [0, 0.1) is 13.8 Å². The fourth-order valence-electron chi connectivity index (χ4n) is 2.08. The number of methoxy groups -OCH3 is 1. The molecule has 1 fully saturated rings. The number of nitrogens with two attached hydrogens (primary N) is 1. The smallest absolute Gasteiger partial charge is 0.126 e. The predicted molar refractivity (Wildman–Crippen MR) is 67.3 cm³/mol. The van der Waals surface area contributed by atoms with Crippen molar-refractivity contribution >= 4 is 11.6 Å². The lowest BCUT2D eigenvalue weighted by atomic mass is 9.96. The first-order valence-corrected chi connectivity index (χ1v) is 5.96. The van der Waals surface area contributed by atoms with Crippen molar-refractivity contribution in [2.45, 2.75) is 38.6 Å². The summed E-state index contributed by atoms with van der Waals surface area (Å²) in [5.41, 5.74) is 9.56. The second-order valence-electron chi connectivity index (χ2n) is 4.85. The van der Waals surface area contributed by atoms with E-state index < -0.39 is 0 Å². The van der Waals surface area contributed by atoms with Gasteiger partial charge in [0.05, 0.1) is 7.11 Å². The first-order valence-electron chi connectivity index (χ1n) is 5.58. The summed E-state index contributed by atoms with van der Waals surface area (Å²) < 4.78 is 5.47. The van der Waals surface area contributed by atoms with Crippen LogP contribution in [0.4, 0.5) is 0 Å². The third-order valence-electron chi connectivity index (χ3n) is 3.42. The molecule has 88 valence electrons. The van der Waals surface area contributed by atoms with Crippen LogP contribution >= 0.6 is 11.6 Å². The van der Waals surface area contributed by atoms with E-state index in [0.717, 1.165) is 35.6 Å². The Balaban J connectivity index is 2.45. The molecule has 0 radical (unpaired) electrons. The van der Waals surface area contributed by atoms with Crippen molar-refractivity contribution in [3.05, 3.63) is 27.8 Å². The molecule has 0 aliphatic heterocycles. The lowest BCUT2D eigenvalue weighted by Gasteiger charge is -2.18. The molecule has 0 unspecified atom stereocenters. The van der Waals surface area contributed by atoms with E-state index in [0.29, 0.717) is 0 Å². The maximum absolute atomic E-state index is 6.17. The number of aryl methyl sites for hydroxylation is 1. The van der Waals surface area contributed by atoms with Gasteiger partial charge in [0.1, 0.15) is 5.75 Å². The molecule has 16 heavy (non-hydrogen) atoms. The molecule has 0 amide bonds. The van der Waals surface area contributed by atoms with Gasteiger partial charge >= 0.3 is 0 Å². The van der Waals surface area contributed by atoms with Gasteiger partial charge in [0.15, 0.2) is 0 Å². The second kappa shape index (κ2) is 3.94. The number of hydrogen-bond acceptors (Lipinski definition) is 2. The summed E-state index contributed by atoms with van der Waals surface area (Å²) in [6.45, 7) is 4.05. The number of hydrogen-bond donors (Lipinski definition) is 1. The van der Waals surface area contributed by atoms with E-state index in [1.807, 2.05) is 13.0 Å². The summed E-state index contributed by atoms with van der Waals surface area (Å²) in [4.78, 5) is 0. The van der Waals surface area contributed by atoms with Crippen LogP contribution in [-0.4, -0.2) is 12.6 Å². The van der Waals surface area contributed by atoms with Gasteiger partial charge in [-0.2, -0.15) is 0 Å². The zero-order valence-corrected chi connectivity index (χ0v) is 10.8. The quantitative estimate of drug-likeness (QED) is 0.880. The molecule has 2 nitrogen and oxygen atoms in total. The monoisotopic (exact) mass is 239 g/mol. The maximum atomic E-state index is 6.17. The number of benzene rings is 1. The van der Waals surface area contributed by atoms with Gasteiger partial charge in [-0.25, -0.2) is 0 Å². The van der Waals surface area contributed by atoms with E-state index in [4.69, 9.17) is 22.1 Å². The zero-order chi connectivity index (χ0) is 11.9. The standard InChI is InChI=1S/C13H18ClNO/c1-8-6-11(14)9(2)12(16-3)10(8)7-13(15)4-5-13/h6H,4-5,7,15H2,1-3H3. The van der Waals surface area contributed by atoms with Gasteiger partial charge in [-0.3, -0.25) is 0 Å². The zero-order valence-electron chi connectivity index (χ0n) is 10.1. The van der Waals surface area contributed by atoms with Crippen LogP contribution in [0.25, 0.3) is 0 Å². The molecule has 1 aromatic carbocycles. The van der Waals surface area contributed by atoms with Crippen LogP contribution in [0.3, 0.4) is 0 Å². The number of halogens is 1. The summed E-state index contributed by atoms with van der Waals surface area (Å²) in [5.74, 6) is 0.904. The fourth-order valence-corrected chi connectivity index (χ4v) is 2.33. The Hall–Kier alpha value is -0.730. The van der Waals surface area contributed by atoms with Crippen molar-refractivity contribution in [3.63, 3.8) is 0 Å². The van der Waals surface area contributed by atoms with Gasteiger partial charge in [0.2, 0.25) is 0 Å². The lowest BCUT2D eigenvalue weighted by Crippen LogP contribution is -2.25. The van der Waals surface area contributed by atoms with Crippen molar-refractivity contribution in [1.82, 2.24) is 0 Å². The molecule has 0 bridgehead atoms. The average Bonchev–Trinajstić information content (AvgIpc) is 2.94. The summed E-state index contributed by atoms with van der Waals surface area (Å²) in [6.07, 6.45) is 3.11. The van der Waals surface area contributed by atoms with Gasteiger partial charge in [-0.1, -0.05) is 11.6 Å². The Morgan fingerprint density at radius 1 is 1.44 bits per heavy atom. The maximum Gasteiger partial charge on any atom is 0.126 e. The van der Waals surface area contributed by atoms with E-state index in [1.165, 1.54) is 11.1 Å². The molecule has 1 saturated carbocycles. The molecule has 2 rings (SSSR count). The molecule has 0 heterocycles. The third-order valence-corrected chi connectivity index (χ3v) is 3.81. The highest BCUT2D eigenvalue weighted by molar-refractivity contribution is 6.31. The molecular formula is C13H18ClNO. The number of ether oxygens (including phenoxy) is 1. The largest absolute Gasteiger partial charge is 0.496 e. The lowest BCUT2D eigenvalue weighted by molar-refractivity contribution is 0.403. The van der Waals surface area contributed by atoms with Crippen LogP contribution < -0.4 is 10.5 Å². The van der Waals surface area contributed by atoms with Crippen molar-refractivity contribution in [2.24, 2.45) is 5.73 Å². The average molecular weight is 240 g/mol. The van der Waals surface area contributed by atoms with Crippen LogP contribution in [0.2, 0.25) is 5.02 Å². The van der Waals surface area contributed by atoms with E-state index in [-0.39, 0.29) is 5.54 Å². The van der Waals surface area contributed by atoms with E-state index in [1.54, 1.807) is 7.11 Å². The summed E-state index contributed by atoms with van der Waals surface area (Å²) in [5, 5.41) is 0.764. The van der Waals surface area contributed by atoms with Gasteiger partial charge in [0, 0.05) is 16.1 Å². The summed E-state index contributed by atoms with van der Waals surface area (Å²) in [7, 11) is 1.69. The number of rotatable bonds is 3. The van der Waals surface area contributed by atoms with Crippen molar-refractivity contribution in [3.8, 4) is 5.75 Å². The Kier molecular flexibility index (Phi) is 2.89. The Labute approximate surface area is 102 Å². The Morgan fingerprint density at radius 3 is 2.56 bits per heavy atom. The van der Waals surface area contributed by atoms with Crippen molar-refractivity contribution in [1.29, 1.82) is 0 Å². The van der Waals surface area contributed by atoms with Gasteiger partial charge in [0.25, 0.3) is 0 Å². The normalized spacial score (nSPS) is 17.3. The highest BCUT2D eigenvalue weighted by atomic mass is 35.5. The Bertz CT molecular complexity index is 424.